The molecule has 4 rings (SSSR count). The Kier molecular flexibility index (Phi) is 5.86. The summed E-state index contributed by atoms with van der Waals surface area (Å²) < 4.78 is 40.0. The van der Waals surface area contributed by atoms with E-state index in [9.17, 15) is 23.2 Å². The average molecular weight is 460 g/mol. The van der Waals surface area contributed by atoms with Crippen molar-refractivity contribution in [3.8, 4) is 5.75 Å². The van der Waals surface area contributed by atoms with Gasteiger partial charge in [0.2, 0.25) is 5.43 Å². The van der Waals surface area contributed by atoms with Gasteiger partial charge in [0.1, 0.15) is 22.9 Å². The van der Waals surface area contributed by atoms with Crippen molar-refractivity contribution < 1.29 is 27.8 Å². The molecule has 0 bridgehead atoms. The summed E-state index contributed by atoms with van der Waals surface area (Å²) in [6.45, 7) is 4.19. The van der Waals surface area contributed by atoms with Crippen molar-refractivity contribution in [3.63, 3.8) is 0 Å². The number of ketones is 1. The van der Waals surface area contributed by atoms with Gasteiger partial charge >= 0.3 is 0 Å². The molecule has 176 valence electrons. The second-order valence-electron chi connectivity index (χ2n) is 9.05. The molecular formula is C24H26F2N2O5. The number of carbonyl (C=O) groups is 2. The molecule has 2 aliphatic heterocycles. The number of hydrogen-bond acceptors (Lipinski definition) is 5. The van der Waals surface area contributed by atoms with Crippen LogP contribution in [0.2, 0.25) is 0 Å². The maximum absolute atomic E-state index is 13.9. The van der Waals surface area contributed by atoms with Crippen LogP contribution in [0.4, 0.5) is 8.78 Å². The standard InChI is InChI=1S/C24H26F2N2O5/c1-23(2)21(30)18-20(32-3)19(29)16(12-28(18)13-24(23)8-4-5-9-33-24)22(31)27-11-14-6-7-15(25)10-17(14)26/h6-7,10,12H,4-5,8-9,11,13H2,1-3H3,(H,27,31). The Labute approximate surface area is 189 Å². The van der Waals surface area contributed by atoms with Gasteiger partial charge in [0.25, 0.3) is 5.91 Å². The minimum absolute atomic E-state index is 0.0706. The number of fused-ring (bicyclic) bond motifs is 1. The first kappa shape index (κ1) is 23.1. The molecule has 33 heavy (non-hydrogen) atoms. The third kappa shape index (κ3) is 3.74. The molecule has 9 heteroatoms. The molecule has 1 spiro atoms. The maximum Gasteiger partial charge on any atom is 0.257 e. The van der Waals surface area contributed by atoms with Crippen LogP contribution in [0.25, 0.3) is 0 Å². The number of rotatable bonds is 4. The Balaban J connectivity index is 1.72. The number of nitrogens with one attached hydrogen (secondary N) is 1. The van der Waals surface area contributed by atoms with E-state index in [2.05, 4.69) is 5.32 Å². The minimum atomic E-state index is -0.892. The number of amides is 1. The Morgan fingerprint density at radius 3 is 2.64 bits per heavy atom. The van der Waals surface area contributed by atoms with Crippen LogP contribution in [0.3, 0.4) is 0 Å². The molecule has 1 unspecified atom stereocenters. The van der Waals surface area contributed by atoms with Gasteiger partial charge in [0, 0.05) is 31.0 Å². The van der Waals surface area contributed by atoms with Crippen molar-refractivity contribution in [2.45, 2.75) is 51.8 Å². The fraction of sp³-hybridized carbons (Fsp3) is 0.458. The van der Waals surface area contributed by atoms with Crippen LogP contribution in [-0.2, 0) is 17.8 Å². The van der Waals surface area contributed by atoms with E-state index in [1.165, 1.54) is 19.4 Å². The number of ether oxygens (including phenoxy) is 2. The maximum atomic E-state index is 13.9. The van der Waals surface area contributed by atoms with Crippen LogP contribution in [0, 0.1) is 17.0 Å². The highest BCUT2D eigenvalue weighted by atomic mass is 19.1. The molecule has 0 radical (unpaired) electrons. The number of nitrogens with zero attached hydrogens (tertiary/aromatic N) is 1. The lowest BCUT2D eigenvalue weighted by molar-refractivity contribution is -0.148. The zero-order valence-corrected chi connectivity index (χ0v) is 18.8. The van der Waals surface area contributed by atoms with E-state index >= 15 is 0 Å². The van der Waals surface area contributed by atoms with Gasteiger partial charge in [-0.2, -0.15) is 0 Å². The summed E-state index contributed by atoms with van der Waals surface area (Å²) in [4.78, 5) is 39.4. The number of carbonyl (C=O) groups excluding carboxylic acids is 2. The Morgan fingerprint density at radius 1 is 1.24 bits per heavy atom. The minimum Gasteiger partial charge on any atom is -0.491 e. The van der Waals surface area contributed by atoms with Crippen LogP contribution in [0.15, 0.2) is 29.2 Å². The number of pyridine rings is 1. The average Bonchev–Trinajstić information content (AvgIpc) is 2.78. The molecule has 1 N–H and O–H groups in total. The summed E-state index contributed by atoms with van der Waals surface area (Å²) in [5, 5.41) is 2.49. The van der Waals surface area contributed by atoms with Gasteiger partial charge in [-0.05, 0) is 39.2 Å². The van der Waals surface area contributed by atoms with Crippen LogP contribution < -0.4 is 15.5 Å². The molecule has 0 aliphatic carbocycles. The predicted molar refractivity (Wildman–Crippen MR) is 115 cm³/mol. The van der Waals surface area contributed by atoms with Crippen molar-refractivity contribution in [2.75, 3.05) is 13.7 Å². The second kappa shape index (κ2) is 8.37. The van der Waals surface area contributed by atoms with Gasteiger partial charge in [-0.3, -0.25) is 14.4 Å². The molecule has 1 aromatic heterocycles. The van der Waals surface area contributed by atoms with Crippen LogP contribution in [0.5, 0.6) is 5.75 Å². The number of benzene rings is 1. The van der Waals surface area contributed by atoms with Gasteiger partial charge in [-0.1, -0.05) is 6.07 Å². The van der Waals surface area contributed by atoms with E-state index in [0.29, 0.717) is 13.0 Å². The zero-order valence-electron chi connectivity index (χ0n) is 18.8. The first-order valence-corrected chi connectivity index (χ1v) is 10.8. The smallest absolute Gasteiger partial charge is 0.257 e. The summed E-state index contributed by atoms with van der Waals surface area (Å²) in [6, 6.07) is 3.02. The number of Topliss-reactive ketones (excluding diaryl/α,β-unsaturated/α-hetero) is 1. The Hall–Kier alpha value is -3.07. The molecule has 1 atom stereocenters. The highest BCUT2D eigenvalue weighted by molar-refractivity contribution is 6.04. The van der Waals surface area contributed by atoms with E-state index < -0.39 is 34.0 Å². The Bertz CT molecular complexity index is 1180. The molecule has 1 saturated heterocycles. The lowest BCUT2D eigenvalue weighted by Crippen LogP contribution is -2.59. The summed E-state index contributed by atoms with van der Waals surface area (Å²) in [5.41, 5.74) is -2.45. The first-order chi connectivity index (χ1) is 15.6. The van der Waals surface area contributed by atoms with Crippen molar-refractivity contribution in [3.05, 3.63) is 63.1 Å². The molecule has 2 aliphatic rings. The molecule has 1 fully saturated rings. The van der Waals surface area contributed by atoms with Crippen molar-refractivity contribution in [2.24, 2.45) is 5.41 Å². The fourth-order valence-corrected chi connectivity index (χ4v) is 4.73. The fourth-order valence-electron chi connectivity index (χ4n) is 4.73. The largest absolute Gasteiger partial charge is 0.491 e. The van der Waals surface area contributed by atoms with Gasteiger partial charge < -0.3 is 19.4 Å². The highest BCUT2D eigenvalue weighted by Crippen LogP contribution is 2.48. The molecule has 0 saturated carbocycles. The first-order valence-electron chi connectivity index (χ1n) is 10.8. The van der Waals surface area contributed by atoms with E-state index in [-0.39, 0.29) is 41.4 Å². The lowest BCUT2D eigenvalue weighted by atomic mass is 9.65. The SMILES string of the molecule is COc1c2n(cc(C(=O)NCc3ccc(F)cc3F)c1=O)CC1(CCCCO1)C(C)(C)C2=O. The van der Waals surface area contributed by atoms with Gasteiger partial charge in [-0.15, -0.1) is 0 Å². The molecule has 3 heterocycles. The van der Waals surface area contributed by atoms with Crippen LogP contribution in [0.1, 0.15) is 59.5 Å². The predicted octanol–water partition coefficient (Wildman–Crippen LogP) is 3.23. The summed E-state index contributed by atoms with van der Waals surface area (Å²) in [5.74, 6) is -2.79. The summed E-state index contributed by atoms with van der Waals surface area (Å²) in [7, 11) is 1.27. The number of halogens is 2. The number of hydrogen-bond donors (Lipinski definition) is 1. The Morgan fingerprint density at radius 2 is 2.00 bits per heavy atom. The van der Waals surface area contributed by atoms with Crippen LogP contribution >= 0.6 is 0 Å². The molecular weight excluding hydrogens is 434 g/mol. The quantitative estimate of drug-likeness (QED) is 0.757. The topological polar surface area (TPSA) is 86.6 Å². The summed E-state index contributed by atoms with van der Waals surface area (Å²) in [6.07, 6.45) is 3.81. The number of aromatic nitrogens is 1. The van der Waals surface area contributed by atoms with E-state index in [1.807, 2.05) is 13.8 Å². The normalized spacial score (nSPS) is 21.5. The molecule has 7 nitrogen and oxygen atoms in total. The van der Waals surface area contributed by atoms with Crippen molar-refractivity contribution in [1.29, 1.82) is 0 Å². The third-order valence-corrected chi connectivity index (χ3v) is 6.84. The van der Waals surface area contributed by atoms with Crippen molar-refractivity contribution >= 4 is 11.7 Å². The van der Waals surface area contributed by atoms with Gasteiger partial charge in [-0.25, -0.2) is 8.78 Å². The van der Waals surface area contributed by atoms with Crippen LogP contribution in [-0.4, -0.2) is 35.6 Å². The lowest BCUT2D eigenvalue weighted by Gasteiger charge is -2.51. The third-order valence-electron chi connectivity index (χ3n) is 6.84. The van der Waals surface area contributed by atoms with E-state index in [4.69, 9.17) is 9.47 Å². The number of methoxy groups -OCH3 is 1. The summed E-state index contributed by atoms with van der Waals surface area (Å²) >= 11 is 0. The monoisotopic (exact) mass is 460 g/mol. The second-order valence-corrected chi connectivity index (χ2v) is 9.05. The molecule has 1 amide bonds. The van der Waals surface area contributed by atoms with Gasteiger partial charge in [0.15, 0.2) is 11.5 Å². The van der Waals surface area contributed by atoms with Crippen molar-refractivity contribution in [1.82, 2.24) is 9.88 Å². The van der Waals surface area contributed by atoms with Gasteiger partial charge in [0.05, 0.1) is 24.7 Å². The van der Waals surface area contributed by atoms with E-state index in [0.717, 1.165) is 25.0 Å². The molecule has 2 aromatic rings. The van der Waals surface area contributed by atoms with E-state index in [1.54, 1.807) is 4.57 Å². The zero-order chi connectivity index (χ0) is 24.0. The molecule has 1 aromatic carbocycles. The highest BCUT2D eigenvalue weighted by Gasteiger charge is 2.56.